The zero-order valence-electron chi connectivity index (χ0n) is 9.94. The fourth-order valence-corrected chi connectivity index (χ4v) is 8.26. The average Bonchev–Trinajstić information content (AvgIpc) is 1.78. The first-order chi connectivity index (χ1) is 5.27. The third-order valence-corrected chi connectivity index (χ3v) is 7.39. The van der Waals surface area contributed by atoms with E-state index in [1.807, 2.05) is 0 Å². The van der Waals surface area contributed by atoms with Crippen molar-refractivity contribution in [1.29, 1.82) is 0 Å². The molecule has 0 saturated heterocycles. The van der Waals surface area contributed by atoms with E-state index in [4.69, 9.17) is 4.12 Å². The van der Waals surface area contributed by atoms with Crippen molar-refractivity contribution in [2.45, 2.75) is 52.0 Å². The van der Waals surface area contributed by atoms with Gasteiger partial charge in [0.1, 0.15) is 0 Å². The van der Waals surface area contributed by atoms with Crippen molar-refractivity contribution in [3.63, 3.8) is 0 Å². The third-order valence-electron chi connectivity index (χ3n) is 1.65. The van der Waals surface area contributed by atoms with E-state index in [9.17, 15) is 4.80 Å². The molecule has 0 N–H and O–H groups in total. The van der Waals surface area contributed by atoms with Crippen molar-refractivity contribution in [1.82, 2.24) is 0 Å². The van der Waals surface area contributed by atoms with E-state index in [1.54, 1.807) is 13.1 Å². The molecule has 0 heterocycles. The Labute approximate surface area is 96.6 Å². The molecule has 74 valence electrons. The van der Waals surface area contributed by atoms with E-state index in [0.717, 1.165) is 6.04 Å². The van der Waals surface area contributed by atoms with Crippen LogP contribution in [-0.2, 0) is 4.12 Å². The van der Waals surface area contributed by atoms with Gasteiger partial charge in [0.05, 0.1) is 8.56 Å². The quantitative estimate of drug-likeness (QED) is 0.552. The molecule has 0 aromatic heterocycles. The molecule has 0 atom stereocenters. The molecule has 0 aromatic rings. The average molecular weight is 212 g/mol. The summed E-state index contributed by atoms with van der Waals surface area (Å²) in [6, 6.07) is 1.13. The molecule has 2 nitrogen and oxygen atoms in total. The van der Waals surface area contributed by atoms with E-state index in [0.29, 0.717) is 0 Å². The Bertz CT molecular complexity index is 135. The first-order valence-corrected chi connectivity index (χ1v) is 10.6. The van der Waals surface area contributed by atoms with Crippen LogP contribution in [0.5, 0.6) is 0 Å². The summed E-state index contributed by atoms with van der Waals surface area (Å²) >= 11 is 0. The van der Waals surface area contributed by atoms with Crippen molar-refractivity contribution >= 4 is 16.9 Å². The van der Waals surface area contributed by atoms with Crippen LogP contribution in [-0.4, -0.2) is 16.9 Å². The normalized spacial score (nSPS) is 12.5. The Kier molecular flexibility index (Phi) is 8.11. The molecule has 0 unspecified atom stereocenters. The second-order valence-corrected chi connectivity index (χ2v) is 12.0. The zero-order valence-corrected chi connectivity index (χ0v) is 11.9. The maximum Gasteiger partial charge on any atom is 1.00 e. The number of hydrogen-bond acceptors (Lipinski definition) is 2. The van der Waals surface area contributed by atoms with Crippen LogP contribution in [0.4, 0.5) is 0 Å². The molecule has 0 radical (unpaired) electrons. The smallest absolute Gasteiger partial charge is 0.839 e. The maximum absolute atomic E-state index is 11.4. The largest absolute Gasteiger partial charge is 1.00 e. The van der Waals surface area contributed by atoms with E-state index in [-0.39, 0.29) is 18.9 Å². The van der Waals surface area contributed by atoms with E-state index < -0.39 is 16.9 Å². The third kappa shape index (κ3) is 10.9. The molecular formula is C8H21LiO2Si2. The van der Waals surface area contributed by atoms with E-state index in [1.165, 1.54) is 12.8 Å². The van der Waals surface area contributed by atoms with Crippen LogP contribution in [0.15, 0.2) is 0 Å². The second kappa shape index (κ2) is 6.44. The SMILES string of the molecule is CCCC[Si](C)(C)O[Si](C)(C)[O-].[Li+]. The minimum absolute atomic E-state index is 0. The minimum atomic E-state index is -2.53. The molecular weight excluding hydrogens is 191 g/mol. The van der Waals surface area contributed by atoms with Crippen LogP contribution >= 0.6 is 0 Å². The van der Waals surface area contributed by atoms with Gasteiger partial charge in [0.2, 0.25) is 0 Å². The fraction of sp³-hybridized carbons (Fsp3) is 1.00. The van der Waals surface area contributed by atoms with Crippen LogP contribution in [0.1, 0.15) is 19.8 Å². The van der Waals surface area contributed by atoms with Gasteiger partial charge < -0.3 is 8.91 Å². The first-order valence-electron chi connectivity index (χ1n) is 4.67. The molecule has 0 aromatic carbocycles. The van der Waals surface area contributed by atoms with Crippen molar-refractivity contribution in [3.05, 3.63) is 0 Å². The van der Waals surface area contributed by atoms with Gasteiger partial charge in [-0.15, -0.1) is 0 Å². The number of unbranched alkanes of at least 4 members (excludes halogenated alkanes) is 1. The van der Waals surface area contributed by atoms with Crippen LogP contribution in [0.2, 0.25) is 32.2 Å². The predicted octanol–water partition coefficient (Wildman–Crippen LogP) is -0.926. The van der Waals surface area contributed by atoms with Crippen molar-refractivity contribution in [3.8, 4) is 0 Å². The van der Waals surface area contributed by atoms with E-state index >= 15 is 0 Å². The van der Waals surface area contributed by atoms with Gasteiger partial charge in [-0.1, -0.05) is 32.9 Å². The van der Waals surface area contributed by atoms with E-state index in [2.05, 4.69) is 20.0 Å². The molecule has 0 aliphatic heterocycles. The summed E-state index contributed by atoms with van der Waals surface area (Å²) in [6.45, 7) is 9.93. The fourth-order valence-electron chi connectivity index (χ4n) is 1.32. The van der Waals surface area contributed by atoms with Gasteiger partial charge >= 0.3 is 18.9 Å². The van der Waals surface area contributed by atoms with Gasteiger partial charge in [-0.3, -0.25) is 0 Å². The summed E-state index contributed by atoms with van der Waals surface area (Å²) in [5.74, 6) is 0. The van der Waals surface area contributed by atoms with Crippen molar-refractivity contribution in [2.24, 2.45) is 0 Å². The van der Waals surface area contributed by atoms with Gasteiger partial charge in [-0.25, -0.2) is 0 Å². The van der Waals surface area contributed by atoms with Gasteiger partial charge in [-0.05, 0) is 19.1 Å². The molecule has 0 bridgehead atoms. The molecule has 0 saturated carbocycles. The molecule has 13 heavy (non-hydrogen) atoms. The Morgan fingerprint density at radius 2 is 1.62 bits per heavy atom. The molecule has 5 heteroatoms. The van der Waals surface area contributed by atoms with Crippen LogP contribution < -0.4 is 23.7 Å². The van der Waals surface area contributed by atoms with Gasteiger partial charge in [0.25, 0.3) is 0 Å². The number of rotatable bonds is 5. The minimum Gasteiger partial charge on any atom is -0.839 e. The molecule has 0 rings (SSSR count). The molecule has 0 aliphatic carbocycles. The van der Waals surface area contributed by atoms with Gasteiger partial charge in [0, 0.05) is 0 Å². The van der Waals surface area contributed by atoms with Gasteiger partial charge in [0.15, 0.2) is 8.32 Å². The summed E-state index contributed by atoms with van der Waals surface area (Å²) in [6.07, 6.45) is 2.39. The Hall–Kier alpha value is 0.951. The zero-order chi connectivity index (χ0) is 9.83. The Morgan fingerprint density at radius 1 is 1.15 bits per heavy atom. The monoisotopic (exact) mass is 212 g/mol. The topological polar surface area (TPSA) is 32.3 Å². The summed E-state index contributed by atoms with van der Waals surface area (Å²) in [4.78, 5) is 11.4. The van der Waals surface area contributed by atoms with Crippen molar-refractivity contribution in [2.75, 3.05) is 0 Å². The molecule has 0 spiro atoms. The Morgan fingerprint density at radius 3 is 1.92 bits per heavy atom. The number of hydrogen-bond donors (Lipinski definition) is 0. The molecule has 0 amide bonds. The van der Waals surface area contributed by atoms with Crippen molar-refractivity contribution < 1.29 is 27.8 Å². The Balaban J connectivity index is 0. The molecule has 0 fully saturated rings. The van der Waals surface area contributed by atoms with Crippen LogP contribution in [0.3, 0.4) is 0 Å². The predicted molar refractivity (Wildman–Crippen MR) is 55.8 cm³/mol. The van der Waals surface area contributed by atoms with Gasteiger partial charge in [-0.2, -0.15) is 0 Å². The summed E-state index contributed by atoms with van der Waals surface area (Å²) in [5.41, 5.74) is 0. The standard InChI is InChI=1S/C8H21O2Si2.Li/c1-6-7-8-11(2,3)10-12(4,5)9;/h6-8H2,1-5H3;/q-1;+1. The summed E-state index contributed by atoms with van der Waals surface area (Å²) in [5, 5.41) is 0. The van der Waals surface area contributed by atoms with Crippen LogP contribution in [0, 0.1) is 0 Å². The summed E-state index contributed by atoms with van der Waals surface area (Å²) in [7, 11) is -4.14. The first kappa shape index (κ1) is 16.4. The second-order valence-electron chi connectivity index (χ2n) is 4.37. The maximum atomic E-state index is 11.4. The molecule has 0 aliphatic rings. The summed E-state index contributed by atoms with van der Waals surface area (Å²) < 4.78 is 5.65. The van der Waals surface area contributed by atoms with Crippen LogP contribution in [0.25, 0.3) is 0 Å².